The minimum Gasteiger partial charge on any atom is -0.492 e. The molecule has 0 unspecified atom stereocenters. The maximum Gasteiger partial charge on any atom is 0.235 e. The predicted molar refractivity (Wildman–Crippen MR) is 116 cm³/mol. The van der Waals surface area contributed by atoms with Gasteiger partial charge in [-0.25, -0.2) is 0 Å². The maximum atomic E-state index is 13.4. The van der Waals surface area contributed by atoms with Gasteiger partial charge < -0.3 is 14.8 Å². The van der Waals surface area contributed by atoms with Crippen LogP contribution in [0.5, 0.6) is 5.75 Å². The number of halogens is 1. The smallest absolute Gasteiger partial charge is 0.235 e. The van der Waals surface area contributed by atoms with Crippen LogP contribution in [0.25, 0.3) is 0 Å². The Morgan fingerprint density at radius 2 is 2.00 bits per heavy atom. The van der Waals surface area contributed by atoms with Crippen molar-refractivity contribution in [1.82, 2.24) is 9.78 Å². The number of benzene rings is 2. The average molecular weight is 426 g/mol. The second-order valence-corrected chi connectivity index (χ2v) is 7.68. The normalized spacial score (nSPS) is 15.5. The molecular formula is C23H24ClN3O3. The van der Waals surface area contributed by atoms with Gasteiger partial charge in [0.1, 0.15) is 12.4 Å². The van der Waals surface area contributed by atoms with Gasteiger partial charge in [0.15, 0.2) is 0 Å². The molecule has 7 heteroatoms. The summed E-state index contributed by atoms with van der Waals surface area (Å²) in [6, 6.07) is 16.9. The fourth-order valence-corrected chi connectivity index (χ4v) is 4.11. The molecule has 4 rings (SSSR count). The van der Waals surface area contributed by atoms with Crippen LogP contribution in [0, 0.1) is 0 Å². The monoisotopic (exact) mass is 425 g/mol. The van der Waals surface area contributed by atoms with E-state index in [2.05, 4.69) is 10.4 Å². The zero-order valence-electron chi connectivity index (χ0n) is 16.6. The van der Waals surface area contributed by atoms with Crippen molar-refractivity contribution in [2.45, 2.75) is 24.8 Å². The van der Waals surface area contributed by atoms with Crippen LogP contribution in [0.15, 0.2) is 67.0 Å². The number of nitrogens with one attached hydrogen (secondary N) is 1. The molecule has 1 aromatic heterocycles. The van der Waals surface area contributed by atoms with E-state index < -0.39 is 5.41 Å². The Bertz CT molecular complexity index is 985. The summed E-state index contributed by atoms with van der Waals surface area (Å²) in [5.74, 6) is 0.617. The Morgan fingerprint density at radius 3 is 2.77 bits per heavy atom. The van der Waals surface area contributed by atoms with Crippen LogP contribution in [0.3, 0.4) is 0 Å². The summed E-state index contributed by atoms with van der Waals surface area (Å²) < 4.78 is 13.2. The van der Waals surface area contributed by atoms with Crippen molar-refractivity contribution in [2.24, 2.45) is 0 Å². The van der Waals surface area contributed by atoms with Crippen molar-refractivity contribution >= 4 is 23.2 Å². The number of nitrogens with zero attached hydrogens (tertiary/aromatic N) is 2. The van der Waals surface area contributed by atoms with E-state index in [9.17, 15) is 4.79 Å². The van der Waals surface area contributed by atoms with E-state index in [-0.39, 0.29) is 5.91 Å². The highest BCUT2D eigenvalue weighted by atomic mass is 35.5. The number of carbonyl (C=O) groups excluding carboxylic acids is 1. The highest BCUT2D eigenvalue weighted by Crippen LogP contribution is 2.39. The number of hydrogen-bond acceptors (Lipinski definition) is 4. The zero-order chi connectivity index (χ0) is 20.8. The van der Waals surface area contributed by atoms with Crippen LogP contribution in [0.1, 0.15) is 18.4 Å². The number of anilines is 1. The lowest BCUT2D eigenvalue weighted by Crippen LogP contribution is -2.45. The van der Waals surface area contributed by atoms with Crippen molar-refractivity contribution in [3.63, 3.8) is 0 Å². The van der Waals surface area contributed by atoms with Crippen molar-refractivity contribution in [3.8, 4) is 5.75 Å². The van der Waals surface area contributed by atoms with Crippen LogP contribution >= 0.6 is 11.6 Å². The third-order valence-corrected chi connectivity index (χ3v) is 5.74. The van der Waals surface area contributed by atoms with Crippen molar-refractivity contribution < 1.29 is 14.3 Å². The van der Waals surface area contributed by atoms with Crippen LogP contribution in [-0.4, -0.2) is 35.5 Å². The molecule has 0 aliphatic carbocycles. The molecule has 1 saturated heterocycles. The molecule has 0 atom stereocenters. The van der Waals surface area contributed by atoms with Crippen LogP contribution in [0.2, 0.25) is 5.02 Å². The maximum absolute atomic E-state index is 13.4. The molecule has 0 bridgehead atoms. The summed E-state index contributed by atoms with van der Waals surface area (Å²) in [6.07, 6.45) is 4.80. The van der Waals surface area contributed by atoms with Gasteiger partial charge in [0.25, 0.3) is 0 Å². The number of rotatable bonds is 7. The third kappa shape index (κ3) is 4.50. The largest absolute Gasteiger partial charge is 0.492 e. The summed E-state index contributed by atoms with van der Waals surface area (Å²) in [4.78, 5) is 13.4. The molecule has 156 valence electrons. The van der Waals surface area contributed by atoms with Gasteiger partial charge in [-0.2, -0.15) is 5.10 Å². The molecule has 1 amide bonds. The topological polar surface area (TPSA) is 65.4 Å². The second-order valence-electron chi connectivity index (χ2n) is 7.27. The molecule has 2 aromatic carbocycles. The van der Waals surface area contributed by atoms with Gasteiger partial charge in [0, 0.05) is 42.4 Å². The lowest BCUT2D eigenvalue weighted by molar-refractivity contribution is -0.125. The van der Waals surface area contributed by atoms with E-state index in [1.807, 2.05) is 65.5 Å². The first-order chi connectivity index (χ1) is 14.7. The standard InChI is InChI=1S/C23H24ClN3O3/c24-21-8-2-1-7-20(21)23(9-14-29-15-10-23)22(28)26-18-5-3-6-19(17-18)30-16-13-27-12-4-11-25-27/h1-8,11-12,17H,9-10,13-16H2,(H,26,28). The molecule has 0 saturated carbocycles. The highest BCUT2D eigenvalue weighted by Gasteiger charge is 2.43. The van der Waals surface area contributed by atoms with E-state index in [1.54, 1.807) is 6.20 Å². The Hall–Kier alpha value is -2.83. The SMILES string of the molecule is O=C(Nc1cccc(OCCn2cccn2)c1)C1(c2ccccc2Cl)CCOCC1. The molecule has 1 N–H and O–H groups in total. The molecule has 6 nitrogen and oxygen atoms in total. The van der Waals surface area contributed by atoms with Crippen LogP contribution in [-0.2, 0) is 21.5 Å². The number of amides is 1. The molecular weight excluding hydrogens is 402 g/mol. The number of ether oxygens (including phenoxy) is 2. The Balaban J connectivity index is 1.48. The predicted octanol–water partition coefficient (Wildman–Crippen LogP) is 4.30. The minimum absolute atomic E-state index is 0.0763. The molecule has 2 heterocycles. The lowest BCUT2D eigenvalue weighted by atomic mass is 9.73. The van der Waals surface area contributed by atoms with E-state index >= 15 is 0 Å². The Morgan fingerprint density at radius 1 is 1.17 bits per heavy atom. The molecule has 3 aromatic rings. The minimum atomic E-state index is -0.715. The third-order valence-electron chi connectivity index (χ3n) is 5.41. The number of carbonyl (C=O) groups is 1. The quantitative estimate of drug-likeness (QED) is 0.612. The first-order valence-corrected chi connectivity index (χ1v) is 10.4. The summed E-state index contributed by atoms with van der Waals surface area (Å²) in [5.41, 5.74) is 0.821. The van der Waals surface area contributed by atoms with Crippen LogP contribution < -0.4 is 10.1 Å². The summed E-state index contributed by atoms with van der Waals surface area (Å²) >= 11 is 6.47. The van der Waals surface area contributed by atoms with Crippen LogP contribution in [0.4, 0.5) is 5.69 Å². The van der Waals surface area contributed by atoms with E-state index in [0.717, 1.165) is 5.56 Å². The average Bonchev–Trinajstić information content (AvgIpc) is 3.28. The first-order valence-electron chi connectivity index (χ1n) is 10.0. The summed E-state index contributed by atoms with van der Waals surface area (Å²) in [7, 11) is 0. The summed E-state index contributed by atoms with van der Waals surface area (Å²) in [6.45, 7) is 2.18. The fraction of sp³-hybridized carbons (Fsp3) is 0.304. The molecule has 0 spiro atoms. The van der Waals surface area contributed by atoms with Crippen molar-refractivity contribution in [2.75, 3.05) is 25.1 Å². The molecule has 0 radical (unpaired) electrons. The zero-order valence-corrected chi connectivity index (χ0v) is 17.3. The van der Waals surface area contributed by atoms with E-state index in [0.29, 0.717) is 55.7 Å². The van der Waals surface area contributed by atoms with E-state index in [4.69, 9.17) is 21.1 Å². The van der Waals surface area contributed by atoms with Gasteiger partial charge in [-0.15, -0.1) is 0 Å². The molecule has 1 aliphatic rings. The van der Waals surface area contributed by atoms with Crippen molar-refractivity contribution in [3.05, 3.63) is 77.6 Å². The molecule has 1 aliphatic heterocycles. The highest BCUT2D eigenvalue weighted by molar-refractivity contribution is 6.31. The first kappa shape index (κ1) is 20.4. The summed E-state index contributed by atoms with van der Waals surface area (Å²) in [5, 5.41) is 7.83. The molecule has 30 heavy (non-hydrogen) atoms. The fourth-order valence-electron chi connectivity index (χ4n) is 3.79. The Kier molecular flexibility index (Phi) is 6.35. The Labute approximate surface area is 180 Å². The number of hydrogen-bond donors (Lipinski definition) is 1. The van der Waals surface area contributed by atoms with Crippen molar-refractivity contribution in [1.29, 1.82) is 0 Å². The van der Waals surface area contributed by atoms with Gasteiger partial charge in [-0.1, -0.05) is 35.9 Å². The van der Waals surface area contributed by atoms with Gasteiger partial charge in [0.2, 0.25) is 5.91 Å². The van der Waals surface area contributed by atoms with Gasteiger partial charge in [0.05, 0.1) is 12.0 Å². The van der Waals surface area contributed by atoms with Gasteiger partial charge in [-0.3, -0.25) is 9.48 Å². The van der Waals surface area contributed by atoms with E-state index in [1.165, 1.54) is 0 Å². The number of aromatic nitrogens is 2. The second kappa shape index (κ2) is 9.32. The molecule has 1 fully saturated rings. The van der Waals surface area contributed by atoms with Gasteiger partial charge >= 0.3 is 0 Å². The van der Waals surface area contributed by atoms with Gasteiger partial charge in [-0.05, 0) is 42.7 Å². The lowest BCUT2D eigenvalue weighted by Gasteiger charge is -2.36.